The van der Waals surface area contributed by atoms with E-state index in [9.17, 15) is 19.5 Å². The fourth-order valence-electron chi connectivity index (χ4n) is 4.05. The first-order chi connectivity index (χ1) is 16.0. The van der Waals surface area contributed by atoms with Crippen molar-refractivity contribution in [3.05, 3.63) is 48.2 Å². The third-order valence-corrected chi connectivity index (χ3v) is 5.68. The van der Waals surface area contributed by atoms with Crippen molar-refractivity contribution in [2.45, 2.75) is 25.4 Å². The van der Waals surface area contributed by atoms with Crippen LogP contribution in [0.2, 0.25) is 0 Å². The molecule has 1 fully saturated rings. The number of piperidine rings is 1. The third kappa shape index (κ3) is 4.14. The van der Waals surface area contributed by atoms with E-state index in [0.29, 0.717) is 42.2 Å². The van der Waals surface area contributed by atoms with Gasteiger partial charge in [-0.25, -0.2) is 4.79 Å². The zero-order chi connectivity index (χ0) is 22.9. The summed E-state index contributed by atoms with van der Waals surface area (Å²) in [6.07, 6.45) is 2.23. The van der Waals surface area contributed by atoms with Crippen LogP contribution in [-0.2, 0) is 16.1 Å². The Morgan fingerprint density at radius 1 is 1.12 bits per heavy atom. The van der Waals surface area contributed by atoms with E-state index in [1.165, 1.54) is 4.57 Å². The molecule has 5 rings (SSSR count). The number of nitrogens with one attached hydrogen (secondary N) is 3. The van der Waals surface area contributed by atoms with Gasteiger partial charge in [-0.15, -0.1) is 0 Å². The van der Waals surface area contributed by atoms with Crippen LogP contribution in [0, 0.1) is 0 Å². The van der Waals surface area contributed by atoms with Crippen LogP contribution >= 0.6 is 0 Å². The summed E-state index contributed by atoms with van der Waals surface area (Å²) in [5, 5.41) is 19.8. The molecule has 33 heavy (non-hydrogen) atoms. The van der Waals surface area contributed by atoms with Gasteiger partial charge in [0.05, 0.1) is 0 Å². The molecule has 0 spiro atoms. The molecular formula is C23H22N4O6. The molecule has 1 unspecified atom stereocenters. The monoisotopic (exact) mass is 450 g/mol. The van der Waals surface area contributed by atoms with E-state index in [4.69, 9.17) is 9.47 Å². The Morgan fingerprint density at radius 3 is 2.76 bits per heavy atom. The quantitative estimate of drug-likeness (QED) is 0.452. The predicted molar refractivity (Wildman–Crippen MR) is 118 cm³/mol. The van der Waals surface area contributed by atoms with Gasteiger partial charge in [0.2, 0.25) is 11.8 Å². The van der Waals surface area contributed by atoms with E-state index in [0.717, 1.165) is 10.9 Å². The standard InChI is InChI=1S/C23H22N4O6/c28-20-6-4-17(21(29)26-20)27-12-14-9-13(1-3-16(14)22(27)30)11-24-23(31)25-15-2-5-18-19(10-15)33-8-7-32-18/h1-3,5,9-10,12,17,30H,4,6-8,11H2,(H2,24,25,31)(H,26,28,29). The van der Waals surface area contributed by atoms with Gasteiger partial charge in [0.15, 0.2) is 17.4 Å². The smallest absolute Gasteiger partial charge is 0.319 e. The molecule has 0 bridgehead atoms. The zero-order valence-corrected chi connectivity index (χ0v) is 17.6. The number of hydrogen-bond acceptors (Lipinski definition) is 6. The summed E-state index contributed by atoms with van der Waals surface area (Å²) in [6, 6.07) is 9.54. The number of carbonyl (C=O) groups is 3. The second-order valence-electron chi connectivity index (χ2n) is 7.91. The Kier molecular flexibility index (Phi) is 5.25. The summed E-state index contributed by atoms with van der Waals surface area (Å²) in [7, 11) is 0. The molecule has 4 amide bonds. The SMILES string of the molecule is O=C1CCC(n2cc3cc(CNC(=O)Nc4ccc5c(c4)OCCO5)ccc3c2O)C(=O)N1. The number of rotatable bonds is 4. The molecule has 1 saturated heterocycles. The normalized spacial score (nSPS) is 17.5. The molecular weight excluding hydrogens is 428 g/mol. The van der Waals surface area contributed by atoms with Crippen LogP contribution in [0.3, 0.4) is 0 Å². The molecule has 2 aliphatic rings. The van der Waals surface area contributed by atoms with E-state index in [2.05, 4.69) is 16.0 Å². The fraction of sp³-hybridized carbons (Fsp3) is 0.261. The molecule has 0 aliphatic carbocycles. The molecule has 1 aromatic heterocycles. The van der Waals surface area contributed by atoms with Crippen LogP contribution in [0.15, 0.2) is 42.6 Å². The Balaban J connectivity index is 1.25. The van der Waals surface area contributed by atoms with Crippen LogP contribution in [0.4, 0.5) is 10.5 Å². The van der Waals surface area contributed by atoms with E-state index in [1.807, 2.05) is 6.07 Å². The second-order valence-corrected chi connectivity index (χ2v) is 7.91. The number of ether oxygens (including phenoxy) is 2. The Bertz CT molecular complexity index is 1270. The number of amides is 4. The summed E-state index contributed by atoms with van der Waals surface area (Å²) < 4.78 is 12.5. The van der Waals surface area contributed by atoms with Gasteiger partial charge in [-0.05, 0) is 36.2 Å². The number of aromatic hydroxyl groups is 1. The molecule has 1 atom stereocenters. The van der Waals surface area contributed by atoms with Crippen molar-refractivity contribution in [3.8, 4) is 17.4 Å². The second kappa shape index (κ2) is 8.38. The highest BCUT2D eigenvalue weighted by Gasteiger charge is 2.30. The fourth-order valence-corrected chi connectivity index (χ4v) is 4.05. The number of anilines is 1. The number of benzene rings is 2. The largest absolute Gasteiger partial charge is 0.494 e. The molecule has 170 valence electrons. The van der Waals surface area contributed by atoms with Crippen LogP contribution in [0.25, 0.3) is 10.8 Å². The maximum absolute atomic E-state index is 12.3. The average molecular weight is 450 g/mol. The molecule has 2 aromatic carbocycles. The van der Waals surface area contributed by atoms with E-state index in [-0.39, 0.29) is 30.8 Å². The molecule has 2 aliphatic heterocycles. The first-order valence-electron chi connectivity index (χ1n) is 10.6. The summed E-state index contributed by atoms with van der Waals surface area (Å²) in [5.41, 5.74) is 1.40. The molecule has 3 aromatic rings. The number of fused-ring (bicyclic) bond motifs is 2. The van der Waals surface area contributed by atoms with Crippen molar-refractivity contribution < 1.29 is 29.0 Å². The molecule has 3 heterocycles. The van der Waals surface area contributed by atoms with Crippen molar-refractivity contribution in [1.29, 1.82) is 0 Å². The number of urea groups is 1. The van der Waals surface area contributed by atoms with Crippen LogP contribution in [-0.4, -0.2) is 40.7 Å². The highest BCUT2D eigenvalue weighted by molar-refractivity contribution is 6.00. The van der Waals surface area contributed by atoms with Crippen LogP contribution in [0.1, 0.15) is 24.4 Å². The van der Waals surface area contributed by atoms with Crippen molar-refractivity contribution in [3.63, 3.8) is 0 Å². The van der Waals surface area contributed by atoms with Gasteiger partial charge < -0.3 is 29.8 Å². The molecule has 10 heteroatoms. The average Bonchev–Trinajstić information content (AvgIpc) is 3.13. The molecule has 0 saturated carbocycles. The lowest BCUT2D eigenvalue weighted by Crippen LogP contribution is -2.41. The van der Waals surface area contributed by atoms with Crippen molar-refractivity contribution in [2.75, 3.05) is 18.5 Å². The lowest BCUT2D eigenvalue weighted by atomic mass is 10.1. The third-order valence-electron chi connectivity index (χ3n) is 5.68. The minimum absolute atomic E-state index is 0.0321. The maximum atomic E-state index is 12.3. The van der Waals surface area contributed by atoms with E-state index < -0.39 is 11.9 Å². The minimum atomic E-state index is -0.645. The number of hydrogen-bond donors (Lipinski definition) is 4. The lowest BCUT2D eigenvalue weighted by Gasteiger charge is -2.22. The summed E-state index contributed by atoms with van der Waals surface area (Å²) >= 11 is 0. The van der Waals surface area contributed by atoms with Crippen LogP contribution in [0.5, 0.6) is 17.4 Å². The molecule has 0 radical (unpaired) electrons. The first-order valence-corrected chi connectivity index (χ1v) is 10.6. The topological polar surface area (TPSA) is 131 Å². The van der Waals surface area contributed by atoms with E-state index >= 15 is 0 Å². The number of aromatic nitrogens is 1. The lowest BCUT2D eigenvalue weighted by molar-refractivity contribution is -0.135. The van der Waals surface area contributed by atoms with Crippen molar-refractivity contribution in [1.82, 2.24) is 15.2 Å². The summed E-state index contributed by atoms with van der Waals surface area (Å²) in [5.74, 6) is 0.461. The zero-order valence-electron chi connectivity index (χ0n) is 17.6. The Morgan fingerprint density at radius 2 is 1.94 bits per heavy atom. The summed E-state index contributed by atoms with van der Waals surface area (Å²) in [4.78, 5) is 35.9. The van der Waals surface area contributed by atoms with Crippen molar-refractivity contribution >= 4 is 34.3 Å². The van der Waals surface area contributed by atoms with Crippen molar-refractivity contribution in [2.24, 2.45) is 0 Å². The predicted octanol–water partition coefficient (Wildman–Crippen LogP) is 2.42. The molecule has 4 N–H and O–H groups in total. The number of carbonyl (C=O) groups excluding carboxylic acids is 3. The van der Waals surface area contributed by atoms with Gasteiger partial charge in [0.1, 0.15) is 19.3 Å². The summed E-state index contributed by atoms with van der Waals surface area (Å²) in [6.45, 7) is 1.22. The van der Waals surface area contributed by atoms with Crippen LogP contribution < -0.4 is 25.4 Å². The Labute approximate surface area is 188 Å². The molecule has 10 nitrogen and oxygen atoms in total. The van der Waals surface area contributed by atoms with Gasteiger partial charge in [0.25, 0.3) is 0 Å². The minimum Gasteiger partial charge on any atom is -0.494 e. The first kappa shape index (κ1) is 20.7. The highest BCUT2D eigenvalue weighted by atomic mass is 16.6. The van der Waals surface area contributed by atoms with Gasteiger partial charge in [0, 0.05) is 41.7 Å². The van der Waals surface area contributed by atoms with Gasteiger partial charge in [-0.1, -0.05) is 6.07 Å². The van der Waals surface area contributed by atoms with Gasteiger partial charge >= 0.3 is 6.03 Å². The number of nitrogens with zero attached hydrogens (tertiary/aromatic N) is 1. The van der Waals surface area contributed by atoms with E-state index in [1.54, 1.807) is 36.5 Å². The maximum Gasteiger partial charge on any atom is 0.319 e. The van der Waals surface area contributed by atoms with Gasteiger partial charge in [-0.2, -0.15) is 0 Å². The van der Waals surface area contributed by atoms with Gasteiger partial charge in [-0.3, -0.25) is 14.9 Å². The highest BCUT2D eigenvalue weighted by Crippen LogP contribution is 2.34. The number of imide groups is 1. The Hall–Kier alpha value is -4.21.